The minimum Gasteiger partial charge on any atom is -0.467 e. The predicted molar refractivity (Wildman–Crippen MR) is 93.5 cm³/mol. The summed E-state index contributed by atoms with van der Waals surface area (Å²) in [5, 5.41) is 7.88. The number of furan rings is 1. The van der Waals surface area contributed by atoms with Crippen molar-refractivity contribution in [3.8, 4) is 0 Å². The van der Waals surface area contributed by atoms with Gasteiger partial charge in [0.15, 0.2) is 5.96 Å². The van der Waals surface area contributed by atoms with Gasteiger partial charge in [-0.15, -0.1) is 0 Å². The van der Waals surface area contributed by atoms with Crippen LogP contribution in [-0.2, 0) is 13.0 Å². The third kappa shape index (κ3) is 3.94. The molecule has 5 nitrogen and oxygen atoms in total. The first kappa shape index (κ1) is 15.2. The number of hydrogen-bond acceptors (Lipinski definition) is 2. The largest absolute Gasteiger partial charge is 0.467 e. The maximum Gasteiger partial charge on any atom is 0.191 e. The van der Waals surface area contributed by atoms with Crippen LogP contribution in [0.2, 0.25) is 0 Å². The number of para-hydroxylation sites is 1. The Morgan fingerprint density at radius 2 is 2.09 bits per heavy atom. The zero-order valence-electron chi connectivity index (χ0n) is 13.3. The minimum atomic E-state index is 0.634. The standard InChI is InChI=1S/C18H22N4O/c1-19-18(22-13-15-7-5-11-23-15)20-10-4-6-14-12-21-17-9-3-2-8-16(14)17/h2-3,5,7-9,11-12,21H,4,6,10,13H2,1H3,(H2,19,20,22). The fourth-order valence-electron chi connectivity index (χ4n) is 2.63. The second-order valence-corrected chi connectivity index (χ2v) is 5.39. The first-order valence-corrected chi connectivity index (χ1v) is 7.88. The molecule has 120 valence electrons. The number of aryl methyl sites for hydroxylation is 1. The van der Waals surface area contributed by atoms with Crippen molar-refractivity contribution in [2.24, 2.45) is 4.99 Å². The molecule has 0 bridgehead atoms. The van der Waals surface area contributed by atoms with Crippen molar-refractivity contribution in [2.45, 2.75) is 19.4 Å². The van der Waals surface area contributed by atoms with Crippen LogP contribution < -0.4 is 10.6 Å². The molecule has 0 aliphatic carbocycles. The van der Waals surface area contributed by atoms with E-state index in [1.54, 1.807) is 13.3 Å². The van der Waals surface area contributed by atoms with Crippen molar-refractivity contribution in [1.82, 2.24) is 15.6 Å². The molecular formula is C18H22N4O. The number of nitrogens with one attached hydrogen (secondary N) is 3. The molecule has 23 heavy (non-hydrogen) atoms. The lowest BCUT2D eigenvalue weighted by Crippen LogP contribution is -2.37. The first-order chi connectivity index (χ1) is 11.4. The number of fused-ring (bicyclic) bond motifs is 1. The van der Waals surface area contributed by atoms with Crippen LogP contribution in [0.1, 0.15) is 17.7 Å². The number of aromatic amines is 1. The van der Waals surface area contributed by atoms with E-state index in [4.69, 9.17) is 4.42 Å². The summed E-state index contributed by atoms with van der Waals surface area (Å²) in [6.45, 7) is 1.51. The number of nitrogens with zero attached hydrogens (tertiary/aromatic N) is 1. The molecule has 0 saturated heterocycles. The Balaban J connectivity index is 1.43. The maximum absolute atomic E-state index is 5.30. The summed E-state index contributed by atoms with van der Waals surface area (Å²) in [6.07, 6.45) is 5.86. The third-order valence-corrected chi connectivity index (χ3v) is 3.82. The molecule has 1 aromatic carbocycles. The van der Waals surface area contributed by atoms with E-state index >= 15 is 0 Å². The molecular weight excluding hydrogens is 288 g/mol. The fraction of sp³-hybridized carbons (Fsp3) is 0.278. The molecule has 0 unspecified atom stereocenters. The highest BCUT2D eigenvalue weighted by molar-refractivity contribution is 5.83. The Morgan fingerprint density at radius 3 is 2.91 bits per heavy atom. The van der Waals surface area contributed by atoms with Gasteiger partial charge in [-0.2, -0.15) is 0 Å². The normalized spacial score (nSPS) is 11.8. The number of aliphatic imine (C=N–C) groups is 1. The van der Waals surface area contributed by atoms with E-state index in [9.17, 15) is 0 Å². The molecule has 0 saturated carbocycles. The van der Waals surface area contributed by atoms with Crippen molar-refractivity contribution in [1.29, 1.82) is 0 Å². The minimum absolute atomic E-state index is 0.634. The third-order valence-electron chi connectivity index (χ3n) is 3.82. The summed E-state index contributed by atoms with van der Waals surface area (Å²) in [7, 11) is 1.77. The molecule has 0 aliphatic heterocycles. The quantitative estimate of drug-likeness (QED) is 0.372. The van der Waals surface area contributed by atoms with Gasteiger partial charge in [0.05, 0.1) is 12.8 Å². The van der Waals surface area contributed by atoms with Crippen molar-refractivity contribution in [3.05, 3.63) is 60.2 Å². The van der Waals surface area contributed by atoms with Gasteiger partial charge in [-0.1, -0.05) is 18.2 Å². The van der Waals surface area contributed by atoms with E-state index in [1.165, 1.54) is 16.5 Å². The second-order valence-electron chi connectivity index (χ2n) is 5.39. The molecule has 0 aliphatic rings. The van der Waals surface area contributed by atoms with E-state index in [-0.39, 0.29) is 0 Å². The van der Waals surface area contributed by atoms with Gasteiger partial charge < -0.3 is 20.0 Å². The molecule has 3 aromatic rings. The summed E-state index contributed by atoms with van der Waals surface area (Å²) < 4.78 is 5.30. The van der Waals surface area contributed by atoms with Gasteiger partial charge in [-0.25, -0.2) is 0 Å². The lowest BCUT2D eigenvalue weighted by molar-refractivity contribution is 0.501. The average molecular weight is 310 g/mol. The van der Waals surface area contributed by atoms with Gasteiger partial charge in [0, 0.05) is 30.7 Å². The number of benzene rings is 1. The Morgan fingerprint density at radius 1 is 1.17 bits per heavy atom. The highest BCUT2D eigenvalue weighted by Gasteiger charge is 2.03. The van der Waals surface area contributed by atoms with Crippen LogP contribution in [0.3, 0.4) is 0 Å². The molecule has 2 heterocycles. The van der Waals surface area contributed by atoms with Crippen LogP contribution >= 0.6 is 0 Å². The van der Waals surface area contributed by atoms with Gasteiger partial charge in [-0.3, -0.25) is 4.99 Å². The van der Waals surface area contributed by atoms with Crippen molar-refractivity contribution in [3.63, 3.8) is 0 Å². The molecule has 0 fully saturated rings. The van der Waals surface area contributed by atoms with Crippen molar-refractivity contribution < 1.29 is 4.42 Å². The number of guanidine groups is 1. The highest BCUT2D eigenvalue weighted by Crippen LogP contribution is 2.18. The Bertz CT molecular complexity index is 758. The smallest absolute Gasteiger partial charge is 0.191 e. The van der Waals surface area contributed by atoms with Crippen LogP contribution in [-0.4, -0.2) is 24.5 Å². The molecule has 0 spiro atoms. The van der Waals surface area contributed by atoms with Crippen LogP contribution in [0.15, 0.2) is 58.3 Å². The molecule has 0 amide bonds. The van der Waals surface area contributed by atoms with Gasteiger partial charge in [0.25, 0.3) is 0 Å². The number of aromatic nitrogens is 1. The molecule has 5 heteroatoms. The van der Waals surface area contributed by atoms with E-state index in [0.717, 1.165) is 31.1 Å². The summed E-state index contributed by atoms with van der Waals surface area (Å²) in [5.41, 5.74) is 2.56. The average Bonchev–Trinajstić information content (AvgIpc) is 3.24. The molecule has 3 rings (SSSR count). The number of hydrogen-bond donors (Lipinski definition) is 3. The van der Waals surface area contributed by atoms with E-state index < -0.39 is 0 Å². The summed E-state index contributed by atoms with van der Waals surface area (Å²) in [4.78, 5) is 7.54. The van der Waals surface area contributed by atoms with Crippen molar-refractivity contribution in [2.75, 3.05) is 13.6 Å². The lowest BCUT2D eigenvalue weighted by Gasteiger charge is -2.10. The van der Waals surface area contributed by atoms with Crippen molar-refractivity contribution >= 4 is 16.9 Å². The van der Waals surface area contributed by atoms with E-state index in [0.29, 0.717) is 6.54 Å². The van der Waals surface area contributed by atoms with Crippen LogP contribution in [0.5, 0.6) is 0 Å². The SMILES string of the molecule is CN=C(NCCCc1c[nH]c2ccccc12)NCc1ccco1. The molecule has 0 radical (unpaired) electrons. The first-order valence-electron chi connectivity index (χ1n) is 7.88. The fourth-order valence-corrected chi connectivity index (χ4v) is 2.63. The highest BCUT2D eigenvalue weighted by atomic mass is 16.3. The topological polar surface area (TPSA) is 65.3 Å². The van der Waals surface area contributed by atoms with Gasteiger partial charge >= 0.3 is 0 Å². The van der Waals surface area contributed by atoms with Crippen LogP contribution in [0, 0.1) is 0 Å². The Kier molecular flexibility index (Phi) is 4.99. The number of rotatable bonds is 6. The van der Waals surface area contributed by atoms with E-state index in [2.05, 4.69) is 51.1 Å². The van der Waals surface area contributed by atoms with Gasteiger partial charge in [0.1, 0.15) is 5.76 Å². The Labute approximate surface area is 135 Å². The van der Waals surface area contributed by atoms with Crippen LogP contribution in [0.25, 0.3) is 10.9 Å². The summed E-state index contributed by atoms with van der Waals surface area (Å²) >= 11 is 0. The predicted octanol–water partition coefficient (Wildman–Crippen LogP) is 3.06. The second kappa shape index (κ2) is 7.54. The monoisotopic (exact) mass is 310 g/mol. The zero-order chi connectivity index (χ0) is 15.9. The van der Waals surface area contributed by atoms with Gasteiger partial charge in [-0.05, 0) is 36.6 Å². The summed E-state index contributed by atoms with van der Waals surface area (Å²) in [5.74, 6) is 1.69. The summed E-state index contributed by atoms with van der Waals surface area (Å²) in [6, 6.07) is 12.2. The molecule has 2 aromatic heterocycles. The van der Waals surface area contributed by atoms with E-state index in [1.807, 2.05) is 12.1 Å². The van der Waals surface area contributed by atoms with Crippen LogP contribution in [0.4, 0.5) is 0 Å². The lowest BCUT2D eigenvalue weighted by atomic mass is 10.1. The number of H-pyrrole nitrogens is 1. The zero-order valence-corrected chi connectivity index (χ0v) is 13.3. The Hall–Kier alpha value is -2.69. The molecule has 0 atom stereocenters. The maximum atomic E-state index is 5.30. The van der Waals surface area contributed by atoms with Gasteiger partial charge in [0.2, 0.25) is 0 Å². The molecule has 3 N–H and O–H groups in total.